The Balaban J connectivity index is 1.74. The van der Waals surface area contributed by atoms with Crippen molar-refractivity contribution in [3.63, 3.8) is 0 Å². The van der Waals surface area contributed by atoms with Gasteiger partial charge in [-0.15, -0.1) is 0 Å². The number of anilines is 1. The highest BCUT2D eigenvalue weighted by Gasteiger charge is 2.49. The first kappa shape index (κ1) is 31.8. The number of likely N-dealkylation sites (N-methyl/N-ethyl adjacent to an activating group) is 1. The second-order valence-electron chi connectivity index (χ2n) is 11.7. The maximum Gasteiger partial charge on any atom is 0.303 e. The van der Waals surface area contributed by atoms with E-state index in [0.29, 0.717) is 47.3 Å². The lowest BCUT2D eigenvalue weighted by molar-refractivity contribution is -0.170. The van der Waals surface area contributed by atoms with E-state index in [-0.39, 0.29) is 11.1 Å². The molecule has 11 heteroatoms. The Labute approximate surface area is 245 Å². The number of halogens is 3. The van der Waals surface area contributed by atoms with Crippen LogP contribution in [0.5, 0.6) is 11.5 Å². The molecule has 1 fully saturated rings. The highest BCUT2D eigenvalue weighted by atomic mass is 19.3. The third kappa shape index (κ3) is 5.74. The number of likely N-dealkylation sites (tertiary alicyclic amines) is 1. The number of ether oxygens (including phenoxy) is 3. The minimum Gasteiger partial charge on any atom is -0.493 e. The zero-order valence-electron chi connectivity index (χ0n) is 25.6. The van der Waals surface area contributed by atoms with Gasteiger partial charge in [-0.05, 0) is 73.2 Å². The smallest absolute Gasteiger partial charge is 0.303 e. The summed E-state index contributed by atoms with van der Waals surface area (Å²) in [5.74, 6) is -3.00. The van der Waals surface area contributed by atoms with Crippen LogP contribution in [0.3, 0.4) is 0 Å². The van der Waals surface area contributed by atoms with Gasteiger partial charge in [-0.3, -0.25) is 4.90 Å². The second-order valence-corrected chi connectivity index (χ2v) is 11.7. The summed E-state index contributed by atoms with van der Waals surface area (Å²) >= 11 is 0. The molecular formula is C31H41F3N4O4. The fraction of sp³-hybridized carbons (Fsp3) is 0.548. The number of aryl methyl sites for hydroxylation is 2. The van der Waals surface area contributed by atoms with Crippen molar-refractivity contribution in [2.75, 3.05) is 46.3 Å². The lowest BCUT2D eigenvalue weighted by Gasteiger charge is -2.35. The van der Waals surface area contributed by atoms with Gasteiger partial charge in [-0.1, -0.05) is 12.1 Å². The third-order valence-electron chi connectivity index (χ3n) is 8.27. The molecule has 8 nitrogen and oxygen atoms in total. The number of hydrogen-bond acceptors (Lipinski definition) is 8. The third-order valence-corrected chi connectivity index (χ3v) is 8.27. The fourth-order valence-electron chi connectivity index (χ4n) is 5.66. The van der Waals surface area contributed by atoms with Gasteiger partial charge >= 0.3 is 5.92 Å². The maximum absolute atomic E-state index is 15.5. The number of alkyl halides is 2. The maximum atomic E-state index is 15.5. The molecule has 42 heavy (non-hydrogen) atoms. The molecule has 0 bridgehead atoms. The van der Waals surface area contributed by atoms with Gasteiger partial charge in [-0.25, -0.2) is 14.4 Å². The summed E-state index contributed by atoms with van der Waals surface area (Å²) in [6.07, 6.45) is 1.96. The topological polar surface area (TPSA) is 89.0 Å². The van der Waals surface area contributed by atoms with Crippen LogP contribution in [0.25, 0.3) is 10.9 Å². The molecule has 0 amide bonds. The van der Waals surface area contributed by atoms with E-state index in [1.165, 1.54) is 12.1 Å². The van der Waals surface area contributed by atoms with Gasteiger partial charge < -0.3 is 24.6 Å². The monoisotopic (exact) mass is 590 g/mol. The predicted octanol–water partition coefficient (Wildman–Crippen LogP) is 5.92. The van der Waals surface area contributed by atoms with E-state index in [0.717, 1.165) is 44.9 Å². The molecular weight excluding hydrogens is 549 g/mol. The first-order chi connectivity index (χ1) is 19.7. The zero-order valence-corrected chi connectivity index (χ0v) is 25.6. The van der Waals surface area contributed by atoms with E-state index in [2.05, 4.69) is 27.2 Å². The van der Waals surface area contributed by atoms with Crippen LogP contribution in [-0.4, -0.2) is 72.1 Å². The average molecular weight is 591 g/mol. The van der Waals surface area contributed by atoms with E-state index < -0.39 is 28.9 Å². The fourth-order valence-corrected chi connectivity index (χ4v) is 5.66. The van der Waals surface area contributed by atoms with Gasteiger partial charge in [0, 0.05) is 23.6 Å². The van der Waals surface area contributed by atoms with Gasteiger partial charge in [0.2, 0.25) is 0 Å². The number of aliphatic hydroxyl groups is 1. The van der Waals surface area contributed by atoms with E-state index in [1.807, 2.05) is 6.92 Å². The molecule has 2 heterocycles. The number of aromatic nitrogens is 2. The highest BCUT2D eigenvalue weighted by molar-refractivity contribution is 5.94. The van der Waals surface area contributed by atoms with Crippen molar-refractivity contribution in [1.82, 2.24) is 14.9 Å². The SMILES string of the molecule is COC[C@]1(COc2cc3c(N[C@H](C)c4cccc(C(F)(F)C(C)(C)O)c4F)nc(C)nc3c(C)c2OC)CCCN1C. The van der Waals surface area contributed by atoms with Gasteiger partial charge in [0.1, 0.15) is 29.7 Å². The van der Waals surface area contributed by atoms with Crippen molar-refractivity contribution in [3.8, 4) is 11.5 Å². The van der Waals surface area contributed by atoms with Crippen LogP contribution >= 0.6 is 0 Å². The lowest BCUT2D eigenvalue weighted by atomic mass is 9.91. The van der Waals surface area contributed by atoms with Crippen molar-refractivity contribution >= 4 is 16.7 Å². The van der Waals surface area contributed by atoms with Crippen LogP contribution < -0.4 is 14.8 Å². The Morgan fingerprint density at radius 3 is 2.48 bits per heavy atom. The Hall–Kier alpha value is -3.15. The molecule has 230 valence electrons. The largest absolute Gasteiger partial charge is 0.493 e. The predicted molar refractivity (Wildman–Crippen MR) is 156 cm³/mol. The van der Waals surface area contributed by atoms with Crippen molar-refractivity contribution in [3.05, 3.63) is 52.6 Å². The summed E-state index contributed by atoms with van der Waals surface area (Å²) < 4.78 is 63.1. The molecule has 2 aromatic carbocycles. The Kier molecular flexibility index (Phi) is 8.97. The Bertz CT molecular complexity index is 1450. The molecule has 0 unspecified atom stereocenters. The van der Waals surface area contributed by atoms with Gasteiger partial charge in [-0.2, -0.15) is 8.78 Å². The van der Waals surface area contributed by atoms with E-state index in [9.17, 15) is 13.9 Å². The number of nitrogens with zero attached hydrogens (tertiary/aromatic N) is 3. The Morgan fingerprint density at radius 2 is 1.88 bits per heavy atom. The average Bonchev–Trinajstić information content (AvgIpc) is 3.27. The number of benzene rings is 2. The van der Waals surface area contributed by atoms with Crippen molar-refractivity contribution in [2.24, 2.45) is 0 Å². The van der Waals surface area contributed by atoms with Crippen LogP contribution in [0.4, 0.5) is 19.0 Å². The first-order valence-electron chi connectivity index (χ1n) is 14.0. The number of hydrogen-bond donors (Lipinski definition) is 2. The zero-order chi connectivity index (χ0) is 31.0. The van der Waals surface area contributed by atoms with Crippen molar-refractivity contribution in [2.45, 2.75) is 70.6 Å². The molecule has 3 aromatic rings. The quantitative estimate of drug-likeness (QED) is 0.285. The molecule has 1 aliphatic heterocycles. The molecule has 0 aliphatic carbocycles. The van der Waals surface area contributed by atoms with E-state index in [4.69, 9.17) is 14.2 Å². The van der Waals surface area contributed by atoms with Crippen LogP contribution in [0.1, 0.15) is 62.2 Å². The lowest BCUT2D eigenvalue weighted by Crippen LogP contribution is -2.50. The molecule has 1 saturated heterocycles. The van der Waals surface area contributed by atoms with Gasteiger partial charge in [0.15, 0.2) is 11.5 Å². The molecule has 0 saturated carbocycles. The molecule has 4 rings (SSSR count). The first-order valence-corrected chi connectivity index (χ1v) is 14.0. The standard InChI is InChI=1S/C31H41F3N4O4/c1-18-26-22(15-24(27(18)41-8)42-17-30(16-40-7)13-10-14-38(30)6)28(37-20(3)36-26)35-19(2)21-11-9-12-23(25(21)32)31(33,34)29(4,5)39/h9,11-12,15,19,39H,10,13-14,16-17H2,1-8H3,(H,35,36,37)/t19-,30+/m1/s1. The second kappa shape index (κ2) is 11.9. The van der Waals surface area contributed by atoms with Crippen molar-refractivity contribution in [1.29, 1.82) is 0 Å². The molecule has 1 aromatic heterocycles. The summed E-state index contributed by atoms with van der Waals surface area (Å²) in [5, 5.41) is 13.8. The van der Waals surface area contributed by atoms with E-state index >= 15 is 4.39 Å². The normalized spacial score (nSPS) is 18.9. The number of fused-ring (bicyclic) bond motifs is 1. The highest BCUT2D eigenvalue weighted by Crippen LogP contribution is 2.43. The van der Waals surface area contributed by atoms with Crippen LogP contribution in [-0.2, 0) is 10.7 Å². The van der Waals surface area contributed by atoms with Gasteiger partial charge in [0.25, 0.3) is 0 Å². The summed E-state index contributed by atoms with van der Waals surface area (Å²) in [5.41, 5.74) is -2.24. The summed E-state index contributed by atoms with van der Waals surface area (Å²) in [7, 11) is 5.31. The molecule has 1 aliphatic rings. The molecule has 2 N–H and O–H groups in total. The molecule has 0 spiro atoms. The van der Waals surface area contributed by atoms with Crippen LogP contribution in [0.2, 0.25) is 0 Å². The summed E-state index contributed by atoms with van der Waals surface area (Å²) in [6.45, 7) is 9.01. The minimum atomic E-state index is -3.81. The summed E-state index contributed by atoms with van der Waals surface area (Å²) in [4.78, 5) is 11.5. The van der Waals surface area contributed by atoms with Crippen LogP contribution in [0, 0.1) is 19.7 Å². The van der Waals surface area contributed by atoms with Crippen LogP contribution in [0.15, 0.2) is 24.3 Å². The number of methoxy groups -OCH3 is 2. The minimum absolute atomic E-state index is 0.00771. The number of nitrogens with one attached hydrogen (secondary N) is 1. The van der Waals surface area contributed by atoms with Crippen molar-refractivity contribution < 1.29 is 32.5 Å². The van der Waals surface area contributed by atoms with E-state index in [1.54, 1.807) is 34.1 Å². The summed E-state index contributed by atoms with van der Waals surface area (Å²) in [6, 6.07) is 4.81. The molecule has 0 radical (unpaired) electrons. The van der Waals surface area contributed by atoms with Gasteiger partial charge in [0.05, 0.1) is 36.4 Å². The molecule has 2 atom stereocenters. The Morgan fingerprint density at radius 1 is 1.17 bits per heavy atom. The number of rotatable bonds is 11.